The summed E-state index contributed by atoms with van der Waals surface area (Å²) in [4.78, 5) is 41.3. The van der Waals surface area contributed by atoms with Gasteiger partial charge in [-0.1, -0.05) is 50.2 Å². The Hall–Kier alpha value is -7.34. The molecule has 24 nitrogen and oxygen atoms in total. The Morgan fingerprint density at radius 2 is 1.07 bits per heavy atom. The molecule has 0 fully saturated rings. The number of aliphatic imine (C=N–C) groups is 2. The zero-order valence-corrected chi connectivity index (χ0v) is 41.5. The molecule has 0 aliphatic carbocycles. The van der Waals surface area contributed by atoms with E-state index in [2.05, 4.69) is 46.2 Å². The molecule has 17 N–H and O–H groups in total. The summed E-state index contributed by atoms with van der Waals surface area (Å²) in [5, 5.41) is 66.9. The van der Waals surface area contributed by atoms with Gasteiger partial charge in [-0.2, -0.15) is 30.7 Å². The van der Waals surface area contributed by atoms with Crippen LogP contribution in [0.25, 0.3) is 16.7 Å². The third-order valence-corrected chi connectivity index (χ3v) is 6.50. The van der Waals surface area contributed by atoms with Crippen LogP contribution in [0.5, 0.6) is 0 Å². The van der Waals surface area contributed by atoms with Crippen LogP contribution in [0.1, 0.15) is 84.9 Å². The van der Waals surface area contributed by atoms with Crippen LogP contribution in [0.3, 0.4) is 0 Å². The quantitative estimate of drug-likeness (QED) is 0.0336. The second kappa shape index (κ2) is 40.2. The minimum Gasteiger partial charge on any atom is -0.481 e. The van der Waals surface area contributed by atoms with E-state index in [1.54, 1.807) is 36.7 Å². The van der Waals surface area contributed by atoms with Gasteiger partial charge in [0.05, 0.1) is 24.5 Å². The molecule has 67 heavy (non-hydrogen) atoms. The summed E-state index contributed by atoms with van der Waals surface area (Å²) in [7, 11) is 0. The molecule has 0 bridgehead atoms. The molecular formula is C42H63N20NaO4. The molecule has 3 aromatic rings. The van der Waals surface area contributed by atoms with Crippen molar-refractivity contribution in [1.82, 2.24) is 25.6 Å². The van der Waals surface area contributed by atoms with E-state index in [4.69, 9.17) is 70.9 Å². The molecule has 0 radical (unpaired) electrons. The average Bonchev–Trinajstić information content (AvgIpc) is 3.18. The van der Waals surface area contributed by atoms with Crippen molar-refractivity contribution in [3.8, 4) is 42.2 Å². The van der Waals surface area contributed by atoms with Crippen molar-refractivity contribution in [1.29, 1.82) is 26.3 Å². The normalized spacial score (nSPS) is 10.8. The molecule has 0 aliphatic rings. The van der Waals surface area contributed by atoms with Crippen LogP contribution >= 0.6 is 0 Å². The fraction of sp³-hybridized carbons (Fsp3) is 0.429. The Bertz CT molecular complexity index is 2080. The number of carboxylic acid groups (broad SMARTS) is 2. The van der Waals surface area contributed by atoms with E-state index in [-0.39, 0.29) is 84.4 Å². The van der Waals surface area contributed by atoms with Crippen molar-refractivity contribution in [2.45, 2.75) is 117 Å². The van der Waals surface area contributed by atoms with Crippen LogP contribution in [-0.4, -0.2) is 85.3 Å². The Morgan fingerprint density at radius 1 is 0.687 bits per heavy atom. The van der Waals surface area contributed by atoms with Crippen molar-refractivity contribution in [2.24, 2.45) is 38.7 Å². The first kappa shape index (κ1) is 66.3. The number of nitrogens with one attached hydrogen (secondary N) is 3. The molecular weight excluding hydrogens is 872 g/mol. The second-order valence-corrected chi connectivity index (χ2v) is 14.5. The second-order valence-electron chi connectivity index (χ2n) is 14.5. The molecule has 2 atom stereocenters. The van der Waals surface area contributed by atoms with Gasteiger partial charge in [0.25, 0.3) is 0 Å². The van der Waals surface area contributed by atoms with Crippen molar-refractivity contribution in [2.75, 3.05) is 11.1 Å². The van der Waals surface area contributed by atoms with Crippen molar-refractivity contribution in [3.05, 3.63) is 70.5 Å². The van der Waals surface area contributed by atoms with E-state index < -0.39 is 18.0 Å². The topological polar surface area (TPSA) is 463 Å². The maximum Gasteiger partial charge on any atom is 1.00 e. The number of hydrogen-bond acceptors (Lipinski definition) is 17. The minimum absolute atomic E-state index is 0. The van der Waals surface area contributed by atoms with Gasteiger partial charge in [0, 0.05) is 48.2 Å². The molecule has 0 unspecified atom stereocenters. The first-order chi connectivity index (χ1) is 30.9. The van der Waals surface area contributed by atoms with Gasteiger partial charge in [-0.05, 0) is 83.7 Å². The Morgan fingerprint density at radius 3 is 1.37 bits per heavy atom. The number of aliphatic carboxylic acids is 2. The summed E-state index contributed by atoms with van der Waals surface area (Å²) >= 11 is 0. The van der Waals surface area contributed by atoms with E-state index in [1.165, 1.54) is 12.4 Å². The number of nitrogens with zero attached hydrogens (tertiary/aromatic N) is 11. The molecule has 0 spiro atoms. The number of nitrogen functional groups attached to an aromatic ring is 1. The van der Waals surface area contributed by atoms with E-state index in [0.717, 1.165) is 16.7 Å². The summed E-state index contributed by atoms with van der Waals surface area (Å²) in [5.41, 5.74) is 36.0. The van der Waals surface area contributed by atoms with Crippen molar-refractivity contribution in [3.63, 3.8) is 0 Å². The Labute approximate surface area is 414 Å². The molecule has 0 amide bonds. The SMILES string of the molecule is CC(C)N.CC(C)N=C(N)NC#N.CC(C)N=C(N)NC#N.CC(C)Nc1nc(N)nc(-c2ccc(C[C@H](N)CC(=O)O)cc2)n1.N#C[N-]C#N.N#Cc1ccc(C[C@H](N)CC(=O)O)cc1.[Na+]. The summed E-state index contributed by atoms with van der Waals surface area (Å²) in [6.07, 6.45) is 6.80. The van der Waals surface area contributed by atoms with Gasteiger partial charge in [0.1, 0.15) is 0 Å². The number of anilines is 2. The van der Waals surface area contributed by atoms with Crippen LogP contribution < -0.4 is 79.9 Å². The first-order valence-electron chi connectivity index (χ1n) is 19.9. The van der Waals surface area contributed by atoms with Crippen molar-refractivity contribution >= 4 is 35.8 Å². The van der Waals surface area contributed by atoms with Crippen LogP contribution in [0.2, 0.25) is 0 Å². The predicted molar refractivity (Wildman–Crippen MR) is 252 cm³/mol. The smallest absolute Gasteiger partial charge is 0.481 e. The summed E-state index contributed by atoms with van der Waals surface area (Å²) in [5.74, 6) is -0.385. The average molecular weight is 935 g/mol. The molecule has 2 aromatic carbocycles. The fourth-order valence-electron chi connectivity index (χ4n) is 4.31. The molecule has 3 rings (SSSR count). The number of hydrogen-bond donors (Lipinski definition) is 11. The number of guanidine groups is 2. The van der Waals surface area contributed by atoms with Crippen LogP contribution in [-0.2, 0) is 22.4 Å². The zero-order valence-electron chi connectivity index (χ0n) is 39.5. The van der Waals surface area contributed by atoms with Gasteiger partial charge < -0.3 is 60.5 Å². The number of carbonyl (C=O) groups is 2. The van der Waals surface area contributed by atoms with Crippen LogP contribution in [0.4, 0.5) is 11.9 Å². The van der Waals surface area contributed by atoms with Crippen molar-refractivity contribution < 1.29 is 49.4 Å². The summed E-state index contributed by atoms with van der Waals surface area (Å²) in [6, 6.07) is 16.5. The summed E-state index contributed by atoms with van der Waals surface area (Å²) in [6.45, 7) is 15.4. The van der Waals surface area contributed by atoms with Crippen LogP contribution in [0.15, 0.2) is 58.5 Å². The minimum atomic E-state index is -0.898. The maximum absolute atomic E-state index is 10.7. The van der Waals surface area contributed by atoms with Gasteiger partial charge in [0.15, 0.2) is 18.2 Å². The van der Waals surface area contributed by atoms with Gasteiger partial charge in [-0.25, -0.2) is 9.98 Å². The number of benzene rings is 2. The predicted octanol–water partition coefficient (Wildman–Crippen LogP) is -0.572. The molecule has 0 saturated heterocycles. The van der Waals surface area contributed by atoms with Gasteiger partial charge in [0.2, 0.25) is 23.8 Å². The van der Waals surface area contributed by atoms with Gasteiger partial charge in [-0.15, -0.1) is 0 Å². The van der Waals surface area contributed by atoms with E-state index >= 15 is 0 Å². The molecule has 1 heterocycles. The number of nitrogens with two attached hydrogens (primary N) is 6. The van der Waals surface area contributed by atoms with E-state index in [9.17, 15) is 9.59 Å². The number of carboxylic acids is 2. The van der Waals surface area contributed by atoms with E-state index in [1.807, 2.05) is 85.7 Å². The van der Waals surface area contributed by atoms with E-state index in [0.29, 0.717) is 36.2 Å². The zero-order chi connectivity index (χ0) is 51.2. The molecule has 1 aromatic heterocycles. The first-order valence-corrected chi connectivity index (χ1v) is 19.9. The largest absolute Gasteiger partial charge is 1.00 e. The standard InChI is InChI=1S/C16H22N6O2.C11H12N2O2.2C5H10N4.C3H9N.C2N3.Na/c1-9(2)19-16-21-14(20-15(18)22-16)11-5-3-10(4-6-11)7-12(17)8-13(23)24;12-7-9-3-1-8(2-4-9)5-10(13)6-11(14)15;2*1-4(2)9-5(7)8-3-6;1-3(2)4;3-1-5-2-4;/h3-6,9,12H,7-8,17H2,1-2H3,(H,23,24)(H3,18,19,20,21,22);1-4,10H,5-6,13H2,(H,14,15);2*4H,1-2H3,(H3,7,8,9);3H,4H2,1-2H3;;/q;;;;;-1;+1/t12-;10-;;;;;/m00...../s1. The number of rotatable bonds is 13. The molecule has 356 valence electrons. The number of aromatic nitrogens is 3. The Balaban J connectivity index is -0.000000396. The number of nitriles is 5. The Kier molecular flexibility index (Phi) is 39.7. The molecule has 0 aliphatic heterocycles. The third kappa shape index (κ3) is 42.4. The molecule has 25 heteroatoms. The van der Waals surface area contributed by atoms with Gasteiger partial charge >= 0.3 is 41.5 Å². The third-order valence-electron chi connectivity index (χ3n) is 6.50. The monoisotopic (exact) mass is 935 g/mol. The molecule has 0 saturated carbocycles. The van der Waals surface area contributed by atoms with Crippen LogP contribution in [0, 0.1) is 57.2 Å². The fourth-order valence-corrected chi connectivity index (χ4v) is 4.31. The van der Waals surface area contributed by atoms with Gasteiger partial charge in [-0.3, -0.25) is 25.5 Å². The summed E-state index contributed by atoms with van der Waals surface area (Å²) < 4.78 is 0. The maximum atomic E-state index is 10.7.